The van der Waals surface area contributed by atoms with Gasteiger partial charge in [-0.1, -0.05) is 36.4 Å². The Balaban J connectivity index is 2.63. The molecule has 0 spiro atoms. The van der Waals surface area contributed by atoms with Gasteiger partial charge in [-0.05, 0) is 38.1 Å². The first-order valence-corrected chi connectivity index (χ1v) is 7.53. The Morgan fingerprint density at radius 3 is 1.56 bits per heavy atom. The third-order valence-corrected chi connectivity index (χ3v) is 5.23. The van der Waals surface area contributed by atoms with Crippen molar-refractivity contribution in [3.8, 4) is 0 Å². The van der Waals surface area contributed by atoms with Crippen LogP contribution in [0.2, 0.25) is 0 Å². The molecule has 0 aromatic heterocycles. The molecule has 3 heteroatoms. The predicted molar refractivity (Wildman–Crippen MR) is 78.5 cm³/mol. The Morgan fingerprint density at radius 1 is 0.833 bits per heavy atom. The number of benzene rings is 2. The molecule has 0 radical (unpaired) electrons. The third-order valence-electron chi connectivity index (χ3n) is 2.55. The lowest BCUT2D eigenvalue weighted by atomic mass is 10.4. The van der Waals surface area contributed by atoms with Gasteiger partial charge in [0.25, 0.3) is 0 Å². The molecule has 0 bridgehead atoms. The Labute approximate surface area is 108 Å². The average molecular weight is 257 g/mol. The van der Waals surface area contributed by atoms with E-state index in [2.05, 4.69) is 4.76 Å². The molecule has 2 aromatic rings. The predicted octanol–water partition coefficient (Wildman–Crippen LogP) is 3.40. The van der Waals surface area contributed by atoms with Crippen LogP contribution in [0.1, 0.15) is 13.8 Å². The molecular weight excluding hydrogens is 241 g/mol. The Morgan fingerprint density at radius 2 is 1.22 bits per heavy atom. The van der Waals surface area contributed by atoms with Crippen LogP contribution in [0.15, 0.2) is 65.4 Å². The van der Waals surface area contributed by atoms with E-state index in [1.54, 1.807) is 0 Å². The highest BCUT2D eigenvalue weighted by Crippen LogP contribution is 2.45. The van der Waals surface area contributed by atoms with Crippen LogP contribution in [-0.2, 0) is 4.57 Å². The second kappa shape index (κ2) is 5.32. The molecule has 0 amide bonds. The molecule has 92 valence electrons. The van der Waals surface area contributed by atoms with Crippen LogP contribution < -0.4 is 10.6 Å². The summed E-state index contributed by atoms with van der Waals surface area (Å²) in [6.07, 6.45) is 0. The standard InChI is InChI=1S/C15H16NOP/c1-13(2)16-18(17,14-9-5-3-6-10-14)15-11-7-4-8-12-15/h3-12H,1-2H3. The van der Waals surface area contributed by atoms with E-state index in [4.69, 9.17) is 0 Å². The van der Waals surface area contributed by atoms with Crippen molar-refractivity contribution in [1.29, 1.82) is 0 Å². The van der Waals surface area contributed by atoms with Gasteiger partial charge in [0, 0.05) is 16.3 Å². The number of hydrogen-bond acceptors (Lipinski definition) is 1. The van der Waals surface area contributed by atoms with Gasteiger partial charge in [0.05, 0.1) is 0 Å². The number of rotatable bonds is 3. The van der Waals surface area contributed by atoms with Gasteiger partial charge in [-0.25, -0.2) is 4.76 Å². The lowest BCUT2D eigenvalue weighted by Gasteiger charge is -2.15. The summed E-state index contributed by atoms with van der Waals surface area (Å²) in [7, 11) is -2.89. The molecule has 0 aliphatic heterocycles. The molecule has 18 heavy (non-hydrogen) atoms. The summed E-state index contributed by atoms with van der Waals surface area (Å²) in [5, 5.41) is 1.55. The average Bonchev–Trinajstić information content (AvgIpc) is 2.40. The zero-order valence-electron chi connectivity index (χ0n) is 10.6. The zero-order chi connectivity index (χ0) is 13.0. The van der Waals surface area contributed by atoms with Gasteiger partial charge in [0.1, 0.15) is 0 Å². The minimum Gasteiger partial charge on any atom is -0.288 e. The second-order valence-electron chi connectivity index (χ2n) is 4.29. The van der Waals surface area contributed by atoms with Crippen molar-refractivity contribution in [2.24, 2.45) is 4.76 Å². The molecule has 2 rings (SSSR count). The molecule has 2 aromatic carbocycles. The molecule has 0 saturated heterocycles. The van der Waals surface area contributed by atoms with Crippen molar-refractivity contribution < 1.29 is 4.57 Å². The normalized spacial score (nSPS) is 11.0. The maximum Gasteiger partial charge on any atom is 0.247 e. The van der Waals surface area contributed by atoms with E-state index < -0.39 is 7.29 Å². The van der Waals surface area contributed by atoms with Gasteiger partial charge in [-0.15, -0.1) is 0 Å². The van der Waals surface area contributed by atoms with Crippen molar-refractivity contribution in [2.45, 2.75) is 13.8 Å². The van der Waals surface area contributed by atoms with Crippen LogP contribution >= 0.6 is 7.29 Å². The number of nitrogens with zero attached hydrogens (tertiary/aromatic N) is 1. The molecule has 0 unspecified atom stereocenters. The van der Waals surface area contributed by atoms with Crippen LogP contribution in [-0.4, -0.2) is 5.71 Å². The van der Waals surface area contributed by atoms with E-state index in [-0.39, 0.29) is 0 Å². The Kier molecular flexibility index (Phi) is 3.78. The topological polar surface area (TPSA) is 29.4 Å². The quantitative estimate of drug-likeness (QED) is 0.612. The summed E-state index contributed by atoms with van der Waals surface area (Å²) in [5.41, 5.74) is 0.825. The molecule has 0 aliphatic rings. The van der Waals surface area contributed by atoms with Crippen LogP contribution in [0.25, 0.3) is 0 Å². The van der Waals surface area contributed by atoms with Crippen molar-refractivity contribution in [1.82, 2.24) is 0 Å². The van der Waals surface area contributed by atoms with Crippen molar-refractivity contribution in [3.63, 3.8) is 0 Å². The SMILES string of the molecule is CC(C)=NP(=O)(c1ccccc1)c1ccccc1. The monoisotopic (exact) mass is 257 g/mol. The summed E-state index contributed by atoms with van der Waals surface area (Å²) in [4.78, 5) is 0. The molecule has 0 heterocycles. The third kappa shape index (κ3) is 2.60. The van der Waals surface area contributed by atoms with Crippen LogP contribution in [0.4, 0.5) is 0 Å². The van der Waals surface area contributed by atoms with Crippen LogP contribution in [0, 0.1) is 0 Å². The van der Waals surface area contributed by atoms with E-state index in [1.165, 1.54) is 0 Å². The summed E-state index contributed by atoms with van der Waals surface area (Å²) in [5.74, 6) is 0. The fourth-order valence-electron chi connectivity index (χ4n) is 1.81. The van der Waals surface area contributed by atoms with E-state index >= 15 is 0 Å². The van der Waals surface area contributed by atoms with Crippen LogP contribution in [0.5, 0.6) is 0 Å². The molecule has 0 fully saturated rings. The summed E-state index contributed by atoms with van der Waals surface area (Å²) in [6, 6.07) is 18.9. The molecule has 0 N–H and O–H groups in total. The van der Waals surface area contributed by atoms with E-state index in [1.807, 2.05) is 74.5 Å². The van der Waals surface area contributed by atoms with Crippen molar-refractivity contribution in [2.75, 3.05) is 0 Å². The molecule has 0 aliphatic carbocycles. The summed E-state index contributed by atoms with van der Waals surface area (Å²) < 4.78 is 17.7. The lowest BCUT2D eigenvalue weighted by Crippen LogP contribution is -2.14. The van der Waals surface area contributed by atoms with Crippen molar-refractivity contribution >= 4 is 23.6 Å². The minimum atomic E-state index is -2.89. The first-order valence-electron chi connectivity index (χ1n) is 5.87. The zero-order valence-corrected chi connectivity index (χ0v) is 11.5. The van der Waals surface area contributed by atoms with E-state index in [9.17, 15) is 4.57 Å². The molecule has 0 saturated carbocycles. The van der Waals surface area contributed by atoms with E-state index in [0.29, 0.717) is 0 Å². The summed E-state index contributed by atoms with van der Waals surface area (Å²) in [6.45, 7) is 3.75. The maximum atomic E-state index is 13.2. The molecular formula is C15H16NOP. The van der Waals surface area contributed by atoms with Gasteiger partial charge in [0.15, 0.2) is 0 Å². The maximum absolute atomic E-state index is 13.2. The van der Waals surface area contributed by atoms with Gasteiger partial charge < -0.3 is 0 Å². The summed E-state index contributed by atoms with van der Waals surface area (Å²) >= 11 is 0. The highest BCUT2D eigenvalue weighted by Gasteiger charge is 2.25. The first kappa shape index (κ1) is 12.8. The Bertz CT molecular complexity index is 543. The Hall–Kier alpha value is -1.66. The van der Waals surface area contributed by atoms with Crippen LogP contribution in [0.3, 0.4) is 0 Å². The van der Waals surface area contributed by atoms with E-state index in [0.717, 1.165) is 16.3 Å². The van der Waals surface area contributed by atoms with Gasteiger partial charge >= 0.3 is 0 Å². The fourth-order valence-corrected chi connectivity index (χ4v) is 4.05. The van der Waals surface area contributed by atoms with Gasteiger partial charge in [0.2, 0.25) is 7.29 Å². The molecule has 2 nitrogen and oxygen atoms in total. The highest BCUT2D eigenvalue weighted by molar-refractivity contribution is 7.77. The first-order chi connectivity index (χ1) is 8.63. The highest BCUT2D eigenvalue weighted by atomic mass is 31.2. The minimum absolute atomic E-state index is 0.775. The second-order valence-corrected chi connectivity index (χ2v) is 6.68. The smallest absolute Gasteiger partial charge is 0.247 e. The van der Waals surface area contributed by atoms with Gasteiger partial charge in [-0.3, -0.25) is 4.57 Å². The largest absolute Gasteiger partial charge is 0.288 e. The van der Waals surface area contributed by atoms with Gasteiger partial charge in [-0.2, -0.15) is 0 Å². The lowest BCUT2D eigenvalue weighted by molar-refractivity contribution is 0.588. The van der Waals surface area contributed by atoms with Crippen molar-refractivity contribution in [3.05, 3.63) is 60.7 Å². The number of hydrogen-bond donors (Lipinski definition) is 0. The molecule has 0 atom stereocenters. The fraction of sp³-hybridized carbons (Fsp3) is 0.133.